The van der Waals surface area contributed by atoms with E-state index < -0.39 is 0 Å². The van der Waals surface area contributed by atoms with Crippen molar-refractivity contribution in [2.45, 2.75) is 6.54 Å². The maximum absolute atomic E-state index is 11.7. The minimum absolute atomic E-state index is 0.268. The summed E-state index contributed by atoms with van der Waals surface area (Å²) in [7, 11) is 1.55. The molecule has 0 aliphatic carbocycles. The van der Waals surface area contributed by atoms with Crippen LogP contribution < -0.4 is 16.0 Å². The monoisotopic (exact) mass is 311 g/mol. The highest BCUT2D eigenvalue weighted by Gasteiger charge is 2.12. The Kier molecular flexibility index (Phi) is 4.59. The maximum Gasteiger partial charge on any atom is 0.252 e. The van der Waals surface area contributed by atoms with Crippen LogP contribution in [0.1, 0.15) is 0 Å². The number of hydrogen-bond acceptors (Lipinski definition) is 4. The molecule has 0 saturated heterocycles. The number of H-pyrrole nitrogens is 1. The van der Waals surface area contributed by atoms with Crippen LogP contribution in [0.25, 0.3) is 11.3 Å². The van der Waals surface area contributed by atoms with Crippen molar-refractivity contribution < 1.29 is 4.74 Å². The zero-order valence-electron chi connectivity index (χ0n) is 10.9. The van der Waals surface area contributed by atoms with Crippen LogP contribution in [0, 0.1) is 4.77 Å². The molecule has 0 saturated carbocycles. The lowest BCUT2D eigenvalue weighted by molar-refractivity contribution is 0.416. The number of nitrogens with one attached hydrogen (secondary N) is 1. The molecule has 106 valence electrons. The van der Waals surface area contributed by atoms with Crippen LogP contribution >= 0.6 is 23.8 Å². The first-order chi connectivity index (χ1) is 9.56. The van der Waals surface area contributed by atoms with Crippen LogP contribution in [0.15, 0.2) is 29.1 Å². The predicted molar refractivity (Wildman–Crippen MR) is 81.9 cm³/mol. The Morgan fingerprint density at radius 3 is 2.85 bits per heavy atom. The number of nitrogens with two attached hydrogens (primary N) is 1. The van der Waals surface area contributed by atoms with Crippen molar-refractivity contribution in [3.63, 3.8) is 0 Å². The van der Waals surface area contributed by atoms with Crippen LogP contribution in [0.3, 0.4) is 0 Å². The number of ether oxygens (including phenoxy) is 1. The summed E-state index contributed by atoms with van der Waals surface area (Å²) in [5.41, 5.74) is 6.72. The molecule has 0 aliphatic rings. The zero-order chi connectivity index (χ0) is 14.7. The first-order valence-corrected chi connectivity index (χ1v) is 6.73. The van der Waals surface area contributed by atoms with E-state index in [-0.39, 0.29) is 5.56 Å². The SMILES string of the molecule is COc1cc(Cl)ccc1-c1cc(=O)[nH]c(=S)n1CCN. The van der Waals surface area contributed by atoms with Gasteiger partial charge in [-0.25, -0.2) is 0 Å². The Balaban J connectivity index is 2.74. The number of aromatic amines is 1. The molecule has 2 rings (SSSR count). The van der Waals surface area contributed by atoms with E-state index in [0.717, 1.165) is 5.56 Å². The normalized spacial score (nSPS) is 10.6. The third kappa shape index (κ3) is 2.92. The molecule has 0 amide bonds. The van der Waals surface area contributed by atoms with Gasteiger partial charge in [0.15, 0.2) is 4.77 Å². The lowest BCUT2D eigenvalue weighted by Gasteiger charge is -2.15. The first kappa shape index (κ1) is 14.8. The summed E-state index contributed by atoms with van der Waals surface area (Å²) < 4.78 is 7.41. The maximum atomic E-state index is 11.7. The molecule has 0 spiro atoms. The first-order valence-electron chi connectivity index (χ1n) is 5.95. The number of nitrogens with zero attached hydrogens (tertiary/aromatic N) is 1. The molecule has 1 aromatic carbocycles. The van der Waals surface area contributed by atoms with Gasteiger partial charge in [-0.3, -0.25) is 9.78 Å². The summed E-state index contributed by atoms with van der Waals surface area (Å²) in [5.74, 6) is 0.572. The van der Waals surface area contributed by atoms with Crippen LogP contribution in [-0.4, -0.2) is 23.2 Å². The molecular weight excluding hydrogens is 298 g/mol. The van der Waals surface area contributed by atoms with Crippen molar-refractivity contribution in [2.24, 2.45) is 5.73 Å². The van der Waals surface area contributed by atoms with Gasteiger partial charge in [-0.1, -0.05) is 11.6 Å². The Morgan fingerprint density at radius 1 is 1.45 bits per heavy atom. The summed E-state index contributed by atoms with van der Waals surface area (Å²) in [6, 6.07) is 6.68. The van der Waals surface area contributed by atoms with Gasteiger partial charge in [0.2, 0.25) is 0 Å². The third-order valence-electron chi connectivity index (χ3n) is 2.83. The van der Waals surface area contributed by atoms with Gasteiger partial charge in [-0.2, -0.15) is 0 Å². The molecular formula is C13H14ClN3O2S. The second kappa shape index (κ2) is 6.21. The standard InChI is InChI=1S/C13H14ClN3O2S/c1-19-11-6-8(14)2-3-9(11)10-7-12(18)16-13(20)17(10)5-4-15/h2-3,6-7H,4-5,15H2,1H3,(H,16,18,20). The van der Waals surface area contributed by atoms with Gasteiger partial charge in [-0.15, -0.1) is 0 Å². The smallest absolute Gasteiger partial charge is 0.252 e. The van der Waals surface area contributed by atoms with Gasteiger partial charge in [0, 0.05) is 29.7 Å². The fourth-order valence-electron chi connectivity index (χ4n) is 1.97. The summed E-state index contributed by atoms with van der Waals surface area (Å²) >= 11 is 11.1. The number of rotatable bonds is 4. The van der Waals surface area contributed by atoms with Crippen LogP contribution in [-0.2, 0) is 6.54 Å². The van der Waals surface area contributed by atoms with Crippen molar-refractivity contribution in [3.05, 3.63) is 44.4 Å². The Hall–Kier alpha value is -1.63. The van der Waals surface area contributed by atoms with E-state index in [1.165, 1.54) is 6.07 Å². The quantitative estimate of drug-likeness (QED) is 0.849. The van der Waals surface area contributed by atoms with Crippen molar-refractivity contribution >= 4 is 23.8 Å². The number of benzene rings is 1. The predicted octanol–water partition coefficient (Wildman–Crippen LogP) is 2.19. The van der Waals surface area contributed by atoms with E-state index in [4.69, 9.17) is 34.3 Å². The van der Waals surface area contributed by atoms with Crippen molar-refractivity contribution in [1.82, 2.24) is 9.55 Å². The molecule has 3 N–H and O–H groups in total. The molecule has 0 fully saturated rings. The van der Waals surface area contributed by atoms with Crippen LogP contribution in [0.5, 0.6) is 5.75 Å². The van der Waals surface area contributed by atoms with Crippen molar-refractivity contribution in [3.8, 4) is 17.0 Å². The fraction of sp³-hybridized carbons (Fsp3) is 0.231. The summed E-state index contributed by atoms with van der Waals surface area (Å²) in [6.45, 7) is 0.903. The lowest BCUT2D eigenvalue weighted by Crippen LogP contribution is -2.19. The number of methoxy groups -OCH3 is 1. The Bertz CT molecular complexity index is 739. The second-order valence-corrected chi connectivity index (χ2v) is 4.93. The second-order valence-electron chi connectivity index (χ2n) is 4.11. The molecule has 0 unspecified atom stereocenters. The highest BCUT2D eigenvalue weighted by atomic mass is 35.5. The molecule has 20 heavy (non-hydrogen) atoms. The van der Waals surface area contributed by atoms with Crippen LogP contribution in [0.2, 0.25) is 5.02 Å². The average molecular weight is 312 g/mol. The number of aromatic nitrogens is 2. The molecule has 7 heteroatoms. The molecule has 0 radical (unpaired) electrons. The van der Waals surface area contributed by atoms with E-state index in [1.54, 1.807) is 29.9 Å². The van der Waals surface area contributed by atoms with Crippen molar-refractivity contribution in [1.29, 1.82) is 0 Å². The topological polar surface area (TPSA) is 73.0 Å². The van der Waals surface area contributed by atoms with Gasteiger partial charge < -0.3 is 15.0 Å². The molecule has 0 atom stereocenters. The van der Waals surface area contributed by atoms with E-state index in [2.05, 4.69) is 4.98 Å². The highest BCUT2D eigenvalue weighted by molar-refractivity contribution is 7.71. The number of halogens is 1. The van der Waals surface area contributed by atoms with Gasteiger partial charge in [0.1, 0.15) is 5.75 Å². The van der Waals surface area contributed by atoms with Gasteiger partial charge >= 0.3 is 0 Å². The molecule has 2 aromatic rings. The summed E-state index contributed by atoms with van der Waals surface area (Å²) in [6.07, 6.45) is 0. The van der Waals surface area contributed by atoms with E-state index in [9.17, 15) is 4.79 Å². The van der Waals surface area contributed by atoms with Crippen LogP contribution in [0.4, 0.5) is 0 Å². The molecule has 1 heterocycles. The average Bonchev–Trinajstić information content (AvgIpc) is 2.41. The Morgan fingerprint density at radius 2 is 2.20 bits per heavy atom. The number of hydrogen-bond donors (Lipinski definition) is 2. The van der Waals surface area contributed by atoms with Gasteiger partial charge in [-0.05, 0) is 30.4 Å². The van der Waals surface area contributed by atoms with E-state index in [0.29, 0.717) is 34.3 Å². The minimum atomic E-state index is -0.268. The lowest BCUT2D eigenvalue weighted by atomic mass is 10.1. The highest BCUT2D eigenvalue weighted by Crippen LogP contribution is 2.31. The van der Waals surface area contributed by atoms with Crippen molar-refractivity contribution in [2.75, 3.05) is 13.7 Å². The Labute approximate surface area is 126 Å². The molecule has 5 nitrogen and oxygen atoms in total. The van der Waals surface area contributed by atoms with Gasteiger partial charge in [0.05, 0.1) is 12.8 Å². The zero-order valence-corrected chi connectivity index (χ0v) is 12.4. The molecule has 0 bridgehead atoms. The van der Waals surface area contributed by atoms with E-state index >= 15 is 0 Å². The van der Waals surface area contributed by atoms with E-state index in [1.807, 2.05) is 0 Å². The largest absolute Gasteiger partial charge is 0.496 e. The fourth-order valence-corrected chi connectivity index (χ4v) is 2.42. The minimum Gasteiger partial charge on any atom is -0.496 e. The van der Waals surface area contributed by atoms with Gasteiger partial charge in [0.25, 0.3) is 5.56 Å². The molecule has 1 aromatic heterocycles. The summed E-state index contributed by atoms with van der Waals surface area (Å²) in [4.78, 5) is 14.3. The molecule has 0 aliphatic heterocycles. The third-order valence-corrected chi connectivity index (χ3v) is 3.38. The summed E-state index contributed by atoms with van der Waals surface area (Å²) in [5, 5.41) is 0.555.